The standard InChI is InChI=1S/C26H19F3N4O3/c1-2-16-7-13-19(14-8-16)33-24(34)20-5-3-4-6-21(20)32(25(33)35)15-22-30-23(31-36-22)17-9-11-18(12-10-17)26(27,28)29/h3-14H,2,15H2,1H3. The van der Waals surface area contributed by atoms with Gasteiger partial charge in [-0.2, -0.15) is 18.2 Å². The van der Waals surface area contributed by atoms with Crippen LogP contribution in [-0.4, -0.2) is 19.3 Å². The fourth-order valence-corrected chi connectivity index (χ4v) is 3.96. The van der Waals surface area contributed by atoms with Crippen LogP contribution in [0.2, 0.25) is 0 Å². The molecule has 2 aromatic heterocycles. The highest BCUT2D eigenvalue weighted by atomic mass is 19.4. The van der Waals surface area contributed by atoms with Crippen molar-refractivity contribution in [3.8, 4) is 17.1 Å². The van der Waals surface area contributed by atoms with Crippen LogP contribution in [0.4, 0.5) is 13.2 Å². The van der Waals surface area contributed by atoms with Crippen LogP contribution < -0.4 is 11.2 Å². The van der Waals surface area contributed by atoms with Crippen molar-refractivity contribution in [3.63, 3.8) is 0 Å². The molecule has 0 amide bonds. The van der Waals surface area contributed by atoms with Gasteiger partial charge in [-0.3, -0.25) is 9.36 Å². The first kappa shape index (κ1) is 23.3. The average molecular weight is 492 g/mol. The second-order valence-electron chi connectivity index (χ2n) is 8.13. The maximum Gasteiger partial charge on any atom is 0.416 e. The predicted octanol–water partition coefficient (Wildman–Crippen LogP) is 4.83. The van der Waals surface area contributed by atoms with E-state index in [4.69, 9.17) is 4.52 Å². The van der Waals surface area contributed by atoms with Crippen molar-refractivity contribution in [2.45, 2.75) is 26.1 Å². The second kappa shape index (κ2) is 8.95. The van der Waals surface area contributed by atoms with Gasteiger partial charge in [0.05, 0.1) is 22.2 Å². The number of nitrogens with zero attached hydrogens (tertiary/aromatic N) is 4. The Labute approximate surface area is 202 Å². The molecule has 0 bridgehead atoms. The number of benzene rings is 3. The van der Waals surface area contributed by atoms with E-state index >= 15 is 0 Å². The molecule has 5 aromatic rings. The molecule has 0 atom stereocenters. The van der Waals surface area contributed by atoms with Gasteiger partial charge < -0.3 is 4.52 Å². The van der Waals surface area contributed by atoms with Gasteiger partial charge in [0.25, 0.3) is 5.56 Å². The Balaban J connectivity index is 1.57. The number of alkyl halides is 3. The third kappa shape index (κ3) is 4.21. The van der Waals surface area contributed by atoms with Crippen LogP contribution in [0, 0.1) is 0 Å². The van der Waals surface area contributed by atoms with E-state index in [1.165, 1.54) is 16.7 Å². The predicted molar refractivity (Wildman–Crippen MR) is 127 cm³/mol. The Morgan fingerprint density at radius 2 is 1.61 bits per heavy atom. The number of fused-ring (bicyclic) bond motifs is 1. The SMILES string of the molecule is CCc1ccc(-n2c(=O)c3ccccc3n(Cc3nc(-c4ccc(C(F)(F)F)cc4)no3)c2=O)cc1. The zero-order valence-electron chi connectivity index (χ0n) is 19.0. The molecular formula is C26H19F3N4O3. The summed E-state index contributed by atoms with van der Waals surface area (Å²) in [5, 5.41) is 4.18. The van der Waals surface area contributed by atoms with Crippen molar-refractivity contribution in [1.82, 2.24) is 19.3 Å². The summed E-state index contributed by atoms with van der Waals surface area (Å²) in [5.41, 5.74) is 0.387. The van der Waals surface area contributed by atoms with Gasteiger partial charge >= 0.3 is 11.9 Å². The lowest BCUT2D eigenvalue weighted by molar-refractivity contribution is -0.137. The minimum atomic E-state index is -4.46. The lowest BCUT2D eigenvalue weighted by atomic mass is 10.1. The highest BCUT2D eigenvalue weighted by Crippen LogP contribution is 2.30. The Morgan fingerprint density at radius 1 is 0.917 bits per heavy atom. The molecule has 0 saturated heterocycles. The molecule has 0 unspecified atom stereocenters. The third-order valence-electron chi connectivity index (χ3n) is 5.89. The van der Waals surface area contributed by atoms with Crippen molar-refractivity contribution in [2.75, 3.05) is 0 Å². The highest BCUT2D eigenvalue weighted by molar-refractivity contribution is 5.78. The molecule has 0 N–H and O–H groups in total. The van der Waals surface area contributed by atoms with Gasteiger partial charge in [0.2, 0.25) is 11.7 Å². The molecule has 10 heteroatoms. The second-order valence-corrected chi connectivity index (χ2v) is 8.13. The van der Waals surface area contributed by atoms with Crippen molar-refractivity contribution in [3.05, 3.63) is 111 Å². The molecule has 0 aliphatic carbocycles. The molecule has 5 rings (SSSR count). The number of aromatic nitrogens is 4. The Kier molecular flexibility index (Phi) is 5.79. The lowest BCUT2D eigenvalue weighted by Gasteiger charge is -2.13. The van der Waals surface area contributed by atoms with Crippen molar-refractivity contribution >= 4 is 10.9 Å². The van der Waals surface area contributed by atoms with Crippen LogP contribution in [0.3, 0.4) is 0 Å². The molecule has 0 saturated carbocycles. The van der Waals surface area contributed by atoms with E-state index in [1.807, 2.05) is 19.1 Å². The minimum Gasteiger partial charge on any atom is -0.337 e. The maximum absolute atomic E-state index is 13.5. The van der Waals surface area contributed by atoms with Crippen molar-refractivity contribution in [1.29, 1.82) is 0 Å². The van der Waals surface area contributed by atoms with Gasteiger partial charge in [0.15, 0.2) is 0 Å². The van der Waals surface area contributed by atoms with Crippen LogP contribution in [0.15, 0.2) is 86.9 Å². The molecule has 3 aromatic carbocycles. The van der Waals surface area contributed by atoms with Crippen LogP contribution in [-0.2, 0) is 19.1 Å². The zero-order valence-corrected chi connectivity index (χ0v) is 19.0. The van der Waals surface area contributed by atoms with Crippen molar-refractivity contribution in [2.24, 2.45) is 0 Å². The quantitative estimate of drug-likeness (QED) is 0.351. The van der Waals surface area contributed by atoms with Crippen LogP contribution in [0.25, 0.3) is 28.0 Å². The number of halogens is 3. The molecule has 0 spiro atoms. The summed E-state index contributed by atoms with van der Waals surface area (Å²) in [4.78, 5) is 31.0. The van der Waals surface area contributed by atoms with E-state index in [-0.39, 0.29) is 18.3 Å². The first-order valence-corrected chi connectivity index (χ1v) is 11.1. The summed E-state index contributed by atoms with van der Waals surface area (Å²) >= 11 is 0. The van der Waals surface area contributed by atoms with E-state index in [0.717, 1.165) is 28.7 Å². The summed E-state index contributed by atoms with van der Waals surface area (Å²) in [5.74, 6) is 0.142. The average Bonchev–Trinajstić information content (AvgIpc) is 3.35. The number of aryl methyl sites for hydroxylation is 1. The monoisotopic (exact) mass is 492 g/mol. The molecule has 2 heterocycles. The third-order valence-corrected chi connectivity index (χ3v) is 5.89. The normalized spacial score (nSPS) is 11.8. The van der Waals surface area contributed by atoms with Gasteiger partial charge in [-0.05, 0) is 48.4 Å². The Morgan fingerprint density at radius 3 is 2.28 bits per heavy atom. The van der Waals surface area contributed by atoms with Crippen molar-refractivity contribution < 1.29 is 17.7 Å². The van der Waals surface area contributed by atoms with Gasteiger partial charge in [-0.1, -0.05) is 48.5 Å². The van der Waals surface area contributed by atoms with E-state index in [0.29, 0.717) is 22.2 Å². The fourth-order valence-electron chi connectivity index (χ4n) is 3.96. The topological polar surface area (TPSA) is 82.9 Å². The number of rotatable bonds is 5. The van der Waals surface area contributed by atoms with Gasteiger partial charge in [0.1, 0.15) is 6.54 Å². The molecule has 0 radical (unpaired) electrons. The first-order valence-electron chi connectivity index (χ1n) is 11.1. The summed E-state index contributed by atoms with van der Waals surface area (Å²) < 4.78 is 46.3. The lowest BCUT2D eigenvalue weighted by Crippen LogP contribution is -2.39. The summed E-state index contributed by atoms with van der Waals surface area (Å²) in [6.45, 7) is 1.87. The van der Waals surface area contributed by atoms with E-state index in [9.17, 15) is 22.8 Å². The zero-order chi connectivity index (χ0) is 25.4. The largest absolute Gasteiger partial charge is 0.416 e. The molecule has 36 heavy (non-hydrogen) atoms. The molecular weight excluding hydrogens is 473 g/mol. The van der Waals surface area contributed by atoms with Crippen LogP contribution in [0.5, 0.6) is 0 Å². The molecule has 0 fully saturated rings. The fraction of sp³-hybridized carbons (Fsp3) is 0.154. The molecule has 7 nitrogen and oxygen atoms in total. The van der Waals surface area contributed by atoms with Crippen LogP contribution in [0.1, 0.15) is 23.9 Å². The number of hydrogen-bond acceptors (Lipinski definition) is 5. The van der Waals surface area contributed by atoms with Crippen LogP contribution >= 0.6 is 0 Å². The molecule has 0 aliphatic rings. The Hall–Kier alpha value is -4.47. The van der Waals surface area contributed by atoms with E-state index < -0.39 is 23.0 Å². The maximum atomic E-state index is 13.5. The van der Waals surface area contributed by atoms with Gasteiger partial charge in [0, 0.05) is 5.56 Å². The minimum absolute atomic E-state index is 0.0590. The van der Waals surface area contributed by atoms with E-state index in [1.54, 1.807) is 36.4 Å². The van der Waals surface area contributed by atoms with Gasteiger partial charge in [-0.25, -0.2) is 9.36 Å². The number of para-hydroxylation sites is 1. The number of hydrogen-bond donors (Lipinski definition) is 0. The molecule has 0 aliphatic heterocycles. The highest BCUT2D eigenvalue weighted by Gasteiger charge is 2.30. The summed E-state index contributed by atoms with van der Waals surface area (Å²) in [7, 11) is 0. The Bertz CT molecular complexity index is 1670. The summed E-state index contributed by atoms with van der Waals surface area (Å²) in [6.07, 6.45) is -3.64. The van der Waals surface area contributed by atoms with E-state index in [2.05, 4.69) is 10.1 Å². The summed E-state index contributed by atoms with van der Waals surface area (Å²) in [6, 6.07) is 18.2. The first-order chi connectivity index (χ1) is 17.3. The smallest absolute Gasteiger partial charge is 0.337 e. The molecule has 182 valence electrons. The van der Waals surface area contributed by atoms with Gasteiger partial charge in [-0.15, -0.1) is 0 Å².